The van der Waals surface area contributed by atoms with Crippen LogP contribution in [0, 0.1) is 6.92 Å². The summed E-state index contributed by atoms with van der Waals surface area (Å²) in [6.07, 6.45) is 0.903. The van der Waals surface area contributed by atoms with Crippen molar-refractivity contribution < 1.29 is 4.79 Å². The molecule has 0 radical (unpaired) electrons. The maximum Gasteiger partial charge on any atom is 0.150 e. The lowest BCUT2D eigenvalue weighted by molar-refractivity contribution is 0.112. The first-order chi connectivity index (χ1) is 6.76. The summed E-state index contributed by atoms with van der Waals surface area (Å²) in [4.78, 5) is 10.7. The quantitative estimate of drug-likeness (QED) is 0.596. The van der Waals surface area contributed by atoms with Gasteiger partial charge in [-0.15, -0.1) is 11.3 Å². The summed E-state index contributed by atoms with van der Waals surface area (Å²) in [5.41, 5.74) is 3.25. The van der Waals surface area contributed by atoms with Crippen LogP contribution in [0.5, 0.6) is 0 Å². The van der Waals surface area contributed by atoms with Crippen LogP contribution in [0.4, 0.5) is 0 Å². The molecule has 14 heavy (non-hydrogen) atoms. The fourth-order valence-corrected chi connectivity index (χ4v) is 3.39. The smallest absolute Gasteiger partial charge is 0.150 e. The van der Waals surface area contributed by atoms with E-state index in [1.54, 1.807) is 11.3 Å². The molecule has 2 aromatic rings. The highest BCUT2D eigenvalue weighted by molar-refractivity contribution is 9.08. The zero-order chi connectivity index (χ0) is 10.1. The predicted octanol–water partition coefficient (Wildman–Crippen LogP) is 3.92. The monoisotopic (exact) mass is 268 g/mol. The van der Waals surface area contributed by atoms with Crippen molar-refractivity contribution >= 4 is 43.6 Å². The summed E-state index contributed by atoms with van der Waals surface area (Å²) in [6, 6.07) is 3.89. The molecule has 0 amide bonds. The van der Waals surface area contributed by atoms with Crippen molar-refractivity contribution in [3.05, 3.63) is 34.2 Å². The third-order valence-corrected chi connectivity index (χ3v) is 3.83. The van der Waals surface area contributed by atoms with E-state index < -0.39 is 0 Å². The normalized spacial score (nSPS) is 10.7. The number of benzene rings is 1. The van der Waals surface area contributed by atoms with Crippen molar-refractivity contribution in [3.8, 4) is 0 Å². The van der Waals surface area contributed by atoms with E-state index >= 15 is 0 Å². The van der Waals surface area contributed by atoms with Gasteiger partial charge < -0.3 is 0 Å². The average molecular weight is 269 g/mol. The van der Waals surface area contributed by atoms with E-state index in [9.17, 15) is 4.79 Å². The Balaban J connectivity index is 2.78. The van der Waals surface area contributed by atoms with Gasteiger partial charge >= 0.3 is 0 Å². The number of fused-ring (bicyclic) bond motifs is 1. The standard InChI is InChI=1S/C11H9BrOS/c1-7-2-8(5-13)3-10-11(7)9(4-12)6-14-10/h2-3,5-6H,4H2,1H3. The van der Waals surface area contributed by atoms with Gasteiger partial charge in [-0.2, -0.15) is 0 Å². The largest absolute Gasteiger partial charge is 0.298 e. The van der Waals surface area contributed by atoms with Gasteiger partial charge in [-0.25, -0.2) is 0 Å². The molecule has 1 aromatic carbocycles. The van der Waals surface area contributed by atoms with Gasteiger partial charge in [-0.1, -0.05) is 15.9 Å². The van der Waals surface area contributed by atoms with E-state index in [1.165, 1.54) is 21.2 Å². The Morgan fingerprint density at radius 2 is 2.29 bits per heavy atom. The van der Waals surface area contributed by atoms with E-state index in [0.717, 1.165) is 17.2 Å². The number of hydrogen-bond donors (Lipinski definition) is 0. The number of aldehydes is 1. The zero-order valence-electron chi connectivity index (χ0n) is 7.71. The molecule has 0 spiro atoms. The lowest BCUT2D eigenvalue weighted by Gasteiger charge is -2.00. The van der Waals surface area contributed by atoms with Crippen LogP contribution in [0.2, 0.25) is 0 Å². The van der Waals surface area contributed by atoms with Crippen LogP contribution < -0.4 is 0 Å². The summed E-state index contributed by atoms with van der Waals surface area (Å²) in [6.45, 7) is 2.05. The van der Waals surface area contributed by atoms with Crippen molar-refractivity contribution in [1.29, 1.82) is 0 Å². The highest BCUT2D eigenvalue weighted by Gasteiger charge is 2.06. The first-order valence-electron chi connectivity index (χ1n) is 4.28. The summed E-state index contributed by atoms with van der Waals surface area (Å²) >= 11 is 5.16. The molecule has 0 aliphatic rings. The van der Waals surface area contributed by atoms with Gasteiger partial charge in [0.15, 0.2) is 0 Å². The zero-order valence-corrected chi connectivity index (χ0v) is 10.1. The highest BCUT2D eigenvalue weighted by Crippen LogP contribution is 2.31. The summed E-state index contributed by atoms with van der Waals surface area (Å²) in [5, 5.41) is 4.30. The van der Waals surface area contributed by atoms with E-state index in [-0.39, 0.29) is 0 Å². The Hall–Kier alpha value is -0.670. The second kappa shape index (κ2) is 3.83. The Labute approximate surface area is 94.9 Å². The van der Waals surface area contributed by atoms with E-state index in [0.29, 0.717) is 0 Å². The van der Waals surface area contributed by atoms with Crippen LogP contribution in [0.3, 0.4) is 0 Å². The molecule has 0 saturated carbocycles. The molecular weight excluding hydrogens is 260 g/mol. The number of halogens is 1. The van der Waals surface area contributed by atoms with Gasteiger partial charge in [0.1, 0.15) is 6.29 Å². The van der Waals surface area contributed by atoms with Crippen LogP contribution in [0.1, 0.15) is 21.5 Å². The van der Waals surface area contributed by atoms with Gasteiger partial charge in [-0.3, -0.25) is 4.79 Å². The maximum absolute atomic E-state index is 10.7. The first kappa shape index (κ1) is 9.87. The van der Waals surface area contributed by atoms with Crippen molar-refractivity contribution in [2.75, 3.05) is 0 Å². The lowest BCUT2D eigenvalue weighted by Crippen LogP contribution is -1.84. The highest BCUT2D eigenvalue weighted by atomic mass is 79.9. The molecule has 2 rings (SSSR count). The average Bonchev–Trinajstić information content (AvgIpc) is 2.61. The maximum atomic E-state index is 10.7. The molecule has 3 heteroatoms. The number of thiophene rings is 1. The molecule has 0 fully saturated rings. The molecule has 1 nitrogen and oxygen atoms in total. The summed E-state index contributed by atoms with van der Waals surface area (Å²) < 4.78 is 1.20. The lowest BCUT2D eigenvalue weighted by atomic mass is 10.1. The van der Waals surface area contributed by atoms with Crippen LogP contribution in [-0.2, 0) is 5.33 Å². The molecule has 72 valence electrons. The SMILES string of the molecule is Cc1cc(C=O)cc2scc(CBr)c12. The molecule has 0 unspecified atom stereocenters. The minimum atomic E-state index is 0.762. The molecular formula is C11H9BrOS. The Bertz CT molecular complexity index is 487. The first-order valence-corrected chi connectivity index (χ1v) is 6.28. The second-order valence-electron chi connectivity index (χ2n) is 3.22. The second-order valence-corrected chi connectivity index (χ2v) is 4.70. The van der Waals surface area contributed by atoms with E-state index in [4.69, 9.17) is 0 Å². The van der Waals surface area contributed by atoms with Crippen molar-refractivity contribution in [2.24, 2.45) is 0 Å². The molecule has 1 aromatic heterocycles. The van der Waals surface area contributed by atoms with Gasteiger partial charge in [0, 0.05) is 15.6 Å². The molecule has 1 heterocycles. The summed E-state index contributed by atoms with van der Waals surface area (Å²) in [7, 11) is 0. The van der Waals surface area contributed by atoms with Gasteiger partial charge in [-0.05, 0) is 40.9 Å². The number of alkyl halides is 1. The van der Waals surface area contributed by atoms with Crippen molar-refractivity contribution in [3.63, 3.8) is 0 Å². The van der Waals surface area contributed by atoms with Crippen LogP contribution in [0.15, 0.2) is 17.5 Å². The molecule has 0 bridgehead atoms. The number of rotatable bonds is 2. The molecule has 0 atom stereocenters. The van der Waals surface area contributed by atoms with Crippen LogP contribution in [0.25, 0.3) is 10.1 Å². The molecule has 0 aliphatic carbocycles. The topological polar surface area (TPSA) is 17.1 Å². The molecule has 0 aliphatic heterocycles. The van der Waals surface area contributed by atoms with E-state index in [2.05, 4.69) is 21.3 Å². The van der Waals surface area contributed by atoms with Gasteiger partial charge in [0.25, 0.3) is 0 Å². The number of carbonyl (C=O) groups is 1. The fourth-order valence-electron chi connectivity index (χ4n) is 1.65. The number of hydrogen-bond acceptors (Lipinski definition) is 2. The van der Waals surface area contributed by atoms with Crippen LogP contribution in [-0.4, -0.2) is 6.29 Å². The van der Waals surface area contributed by atoms with Crippen molar-refractivity contribution in [2.45, 2.75) is 12.3 Å². The van der Waals surface area contributed by atoms with Crippen molar-refractivity contribution in [1.82, 2.24) is 0 Å². The third-order valence-electron chi connectivity index (χ3n) is 2.25. The molecule has 0 saturated heterocycles. The van der Waals surface area contributed by atoms with Gasteiger partial charge in [0.05, 0.1) is 0 Å². The Morgan fingerprint density at radius 1 is 1.50 bits per heavy atom. The van der Waals surface area contributed by atoms with E-state index in [1.807, 2.05) is 19.1 Å². The summed E-state index contributed by atoms with van der Waals surface area (Å²) in [5.74, 6) is 0. The Morgan fingerprint density at radius 3 is 2.93 bits per heavy atom. The molecule has 0 N–H and O–H groups in total. The van der Waals surface area contributed by atoms with Gasteiger partial charge in [0.2, 0.25) is 0 Å². The predicted molar refractivity (Wildman–Crippen MR) is 64.6 cm³/mol. The fraction of sp³-hybridized carbons (Fsp3) is 0.182. The Kier molecular flexibility index (Phi) is 2.70. The third kappa shape index (κ3) is 1.51. The number of carbonyl (C=O) groups excluding carboxylic acids is 1. The van der Waals surface area contributed by atoms with Crippen LogP contribution >= 0.6 is 27.3 Å². The minimum absolute atomic E-state index is 0.762. The number of aryl methyl sites for hydroxylation is 1. The minimum Gasteiger partial charge on any atom is -0.298 e.